The molecule has 3 heteroatoms. The molecule has 1 aliphatic heterocycles. The third-order valence-electron chi connectivity index (χ3n) is 1.47. The molecule has 0 bridgehead atoms. The molecule has 0 aromatic carbocycles. The summed E-state index contributed by atoms with van der Waals surface area (Å²) in [6.07, 6.45) is 2.95. The average molecular weight is 156 g/mol. The van der Waals surface area contributed by atoms with Crippen LogP contribution in [-0.2, 0) is 0 Å². The van der Waals surface area contributed by atoms with Gasteiger partial charge in [-0.1, -0.05) is 0 Å². The van der Waals surface area contributed by atoms with E-state index in [1.807, 2.05) is 18.0 Å². The number of rotatable bonds is 1. The molecule has 0 atom stereocenters. The highest BCUT2D eigenvalue weighted by molar-refractivity contribution is 7.99. The second kappa shape index (κ2) is 3.66. The quantitative estimate of drug-likeness (QED) is 0.576. The minimum atomic E-state index is 0.974. The zero-order valence-electron chi connectivity index (χ0n) is 6.13. The lowest BCUT2D eigenvalue weighted by Crippen LogP contribution is -2.11. The number of allylic oxidation sites excluding steroid dienone is 1. The van der Waals surface area contributed by atoms with Crippen LogP contribution >= 0.6 is 11.8 Å². The molecule has 0 amide bonds. The summed E-state index contributed by atoms with van der Waals surface area (Å²) in [7, 11) is 1.78. The first kappa shape index (κ1) is 7.66. The van der Waals surface area contributed by atoms with E-state index < -0.39 is 0 Å². The molecule has 0 radical (unpaired) electrons. The van der Waals surface area contributed by atoms with E-state index >= 15 is 0 Å². The monoisotopic (exact) mass is 156 g/mol. The first-order valence-electron chi connectivity index (χ1n) is 3.32. The summed E-state index contributed by atoms with van der Waals surface area (Å²) >= 11 is 1.89. The molecule has 1 rings (SSSR count). The van der Waals surface area contributed by atoms with Crippen LogP contribution in [0.2, 0.25) is 0 Å². The summed E-state index contributed by atoms with van der Waals surface area (Å²) in [5, 5.41) is 0. The number of hydrogen-bond acceptors (Lipinski definition) is 3. The van der Waals surface area contributed by atoms with Crippen LogP contribution in [0.1, 0.15) is 6.42 Å². The van der Waals surface area contributed by atoms with Gasteiger partial charge in [0.25, 0.3) is 0 Å². The predicted molar refractivity (Wildman–Crippen MR) is 47.6 cm³/mol. The molecule has 0 unspecified atom stereocenters. The van der Waals surface area contributed by atoms with Crippen LogP contribution in [0.4, 0.5) is 0 Å². The second-order valence-electron chi connectivity index (χ2n) is 2.24. The summed E-state index contributed by atoms with van der Waals surface area (Å²) in [5.41, 5.74) is 7.96. The molecule has 10 heavy (non-hydrogen) atoms. The lowest BCUT2D eigenvalue weighted by Gasteiger charge is -2.12. The van der Waals surface area contributed by atoms with Gasteiger partial charge in [-0.2, -0.15) is 11.8 Å². The van der Waals surface area contributed by atoms with E-state index in [1.54, 1.807) is 7.05 Å². The van der Waals surface area contributed by atoms with E-state index in [9.17, 15) is 0 Å². The maximum absolute atomic E-state index is 5.73. The van der Waals surface area contributed by atoms with Crippen molar-refractivity contribution in [2.24, 2.45) is 10.7 Å². The Kier molecular flexibility index (Phi) is 2.81. The molecule has 0 aromatic heterocycles. The van der Waals surface area contributed by atoms with Crippen LogP contribution in [-0.4, -0.2) is 24.8 Å². The SMILES string of the molecule is CN=CC1=C(N)CSCC1. The summed E-state index contributed by atoms with van der Waals surface area (Å²) in [6.45, 7) is 0. The van der Waals surface area contributed by atoms with Gasteiger partial charge in [-0.25, -0.2) is 0 Å². The number of nitrogens with zero attached hydrogens (tertiary/aromatic N) is 1. The van der Waals surface area contributed by atoms with Gasteiger partial charge < -0.3 is 5.73 Å². The number of aliphatic imine (C=N–C) groups is 1. The van der Waals surface area contributed by atoms with Gasteiger partial charge in [-0.3, -0.25) is 4.99 Å². The Bertz CT molecular complexity index is 172. The van der Waals surface area contributed by atoms with E-state index in [-0.39, 0.29) is 0 Å². The predicted octanol–water partition coefficient (Wildman–Crippen LogP) is 1.04. The van der Waals surface area contributed by atoms with Gasteiger partial charge in [-0.15, -0.1) is 0 Å². The lowest BCUT2D eigenvalue weighted by molar-refractivity contribution is 1.10. The average Bonchev–Trinajstić information content (AvgIpc) is 1.94. The van der Waals surface area contributed by atoms with Crippen molar-refractivity contribution < 1.29 is 0 Å². The van der Waals surface area contributed by atoms with Gasteiger partial charge in [-0.05, 0) is 17.7 Å². The molecule has 2 N–H and O–H groups in total. The number of nitrogens with two attached hydrogens (primary N) is 1. The molecule has 0 aliphatic carbocycles. The highest BCUT2D eigenvalue weighted by atomic mass is 32.2. The van der Waals surface area contributed by atoms with Crippen LogP contribution in [0, 0.1) is 0 Å². The molecule has 2 nitrogen and oxygen atoms in total. The Balaban J connectivity index is 2.68. The molecular formula is C7H12N2S. The van der Waals surface area contributed by atoms with Gasteiger partial charge in [0.1, 0.15) is 0 Å². The third kappa shape index (κ3) is 1.77. The number of hydrogen-bond donors (Lipinski definition) is 1. The van der Waals surface area contributed by atoms with Crippen LogP contribution in [0.25, 0.3) is 0 Å². The lowest BCUT2D eigenvalue weighted by atomic mass is 10.2. The molecule has 56 valence electrons. The minimum Gasteiger partial charge on any atom is -0.401 e. The fourth-order valence-electron chi connectivity index (χ4n) is 0.921. The smallest absolute Gasteiger partial charge is 0.0334 e. The van der Waals surface area contributed by atoms with E-state index in [4.69, 9.17) is 5.73 Å². The fraction of sp³-hybridized carbons (Fsp3) is 0.571. The van der Waals surface area contributed by atoms with Crippen molar-refractivity contribution in [3.8, 4) is 0 Å². The van der Waals surface area contributed by atoms with Gasteiger partial charge in [0, 0.05) is 24.7 Å². The Hall–Kier alpha value is -0.440. The molecule has 1 aliphatic rings. The van der Waals surface area contributed by atoms with Crippen LogP contribution in [0.5, 0.6) is 0 Å². The normalized spacial score (nSPS) is 20.5. The van der Waals surface area contributed by atoms with E-state index in [2.05, 4.69) is 4.99 Å². The second-order valence-corrected chi connectivity index (χ2v) is 3.35. The van der Waals surface area contributed by atoms with Crippen molar-refractivity contribution in [3.05, 3.63) is 11.3 Å². The Morgan fingerprint density at radius 1 is 1.70 bits per heavy atom. The van der Waals surface area contributed by atoms with Crippen molar-refractivity contribution in [3.63, 3.8) is 0 Å². The molecule has 0 fully saturated rings. The van der Waals surface area contributed by atoms with E-state index in [1.165, 1.54) is 11.3 Å². The van der Waals surface area contributed by atoms with Crippen molar-refractivity contribution in [1.29, 1.82) is 0 Å². The van der Waals surface area contributed by atoms with Gasteiger partial charge in [0.15, 0.2) is 0 Å². The van der Waals surface area contributed by atoms with Gasteiger partial charge >= 0.3 is 0 Å². The molecule has 0 spiro atoms. The summed E-state index contributed by atoms with van der Waals surface area (Å²) in [6, 6.07) is 0. The van der Waals surface area contributed by atoms with Crippen LogP contribution in [0.3, 0.4) is 0 Å². The molecule has 0 aromatic rings. The van der Waals surface area contributed by atoms with Crippen LogP contribution < -0.4 is 5.73 Å². The summed E-state index contributed by atoms with van der Waals surface area (Å²) in [5.74, 6) is 2.16. The maximum atomic E-state index is 5.73. The van der Waals surface area contributed by atoms with Crippen molar-refractivity contribution in [1.82, 2.24) is 0 Å². The number of thioether (sulfide) groups is 1. The zero-order valence-corrected chi connectivity index (χ0v) is 6.95. The topological polar surface area (TPSA) is 38.4 Å². The van der Waals surface area contributed by atoms with Crippen molar-refractivity contribution in [2.75, 3.05) is 18.6 Å². The maximum Gasteiger partial charge on any atom is 0.0334 e. The molecule has 0 saturated carbocycles. The highest BCUT2D eigenvalue weighted by Gasteiger charge is 2.06. The largest absolute Gasteiger partial charge is 0.401 e. The third-order valence-corrected chi connectivity index (χ3v) is 2.48. The standard InChI is InChI=1S/C7H12N2S/c1-9-4-6-2-3-10-5-7(6)8/h4H,2-3,5,8H2,1H3. The first-order valence-corrected chi connectivity index (χ1v) is 4.47. The zero-order chi connectivity index (χ0) is 7.40. The van der Waals surface area contributed by atoms with Crippen molar-refractivity contribution in [2.45, 2.75) is 6.42 Å². The Morgan fingerprint density at radius 3 is 3.10 bits per heavy atom. The summed E-state index contributed by atoms with van der Waals surface area (Å²) in [4.78, 5) is 3.94. The Morgan fingerprint density at radius 2 is 2.50 bits per heavy atom. The highest BCUT2D eigenvalue weighted by Crippen LogP contribution is 2.18. The molecule has 1 heterocycles. The Labute approximate surface area is 65.6 Å². The van der Waals surface area contributed by atoms with E-state index in [0.717, 1.165) is 17.9 Å². The van der Waals surface area contributed by atoms with Crippen molar-refractivity contribution >= 4 is 18.0 Å². The summed E-state index contributed by atoms with van der Waals surface area (Å²) < 4.78 is 0. The van der Waals surface area contributed by atoms with Gasteiger partial charge in [0.2, 0.25) is 0 Å². The minimum absolute atomic E-state index is 0.974. The molecular weight excluding hydrogens is 144 g/mol. The fourth-order valence-corrected chi connectivity index (χ4v) is 1.83. The van der Waals surface area contributed by atoms with E-state index in [0.29, 0.717) is 0 Å². The van der Waals surface area contributed by atoms with Crippen LogP contribution in [0.15, 0.2) is 16.3 Å². The van der Waals surface area contributed by atoms with Gasteiger partial charge in [0.05, 0.1) is 0 Å². The molecule has 0 saturated heterocycles. The first-order chi connectivity index (χ1) is 4.84.